The molecule has 1 aliphatic rings. The molecule has 3 rings (SSSR count). The molecule has 2 aromatic carbocycles. The summed E-state index contributed by atoms with van der Waals surface area (Å²) in [7, 11) is 1.22. The Kier molecular flexibility index (Phi) is 7.02. The number of benzene rings is 2. The number of esters is 1. The molecule has 0 saturated heterocycles. The fourth-order valence-electron chi connectivity index (χ4n) is 3.49. The molecule has 0 unspecified atom stereocenters. The van der Waals surface area contributed by atoms with Gasteiger partial charge < -0.3 is 10.1 Å². The van der Waals surface area contributed by atoms with E-state index in [-0.39, 0.29) is 46.0 Å². The maximum Gasteiger partial charge on any atom is 0.417 e. The number of methoxy groups -OCH3 is 1. The minimum absolute atomic E-state index is 0.0475. The molecule has 172 valence electrons. The topological polar surface area (TPSA) is 96.3 Å². The number of halogens is 4. The van der Waals surface area contributed by atoms with E-state index in [1.54, 1.807) is 0 Å². The van der Waals surface area contributed by atoms with Crippen molar-refractivity contribution in [2.75, 3.05) is 7.11 Å². The second kappa shape index (κ2) is 9.58. The van der Waals surface area contributed by atoms with Gasteiger partial charge in [0.25, 0.3) is 5.91 Å². The first-order valence-electron chi connectivity index (χ1n) is 9.75. The van der Waals surface area contributed by atoms with Gasteiger partial charge in [-0.3, -0.25) is 15.0 Å². The Labute approximate surface area is 191 Å². The maximum absolute atomic E-state index is 13.4. The van der Waals surface area contributed by atoms with Crippen molar-refractivity contribution in [3.63, 3.8) is 0 Å². The molecule has 0 saturated carbocycles. The summed E-state index contributed by atoms with van der Waals surface area (Å²) < 4.78 is 44.8. The summed E-state index contributed by atoms with van der Waals surface area (Å²) in [4.78, 5) is 37.0. The summed E-state index contributed by atoms with van der Waals surface area (Å²) in [6.45, 7) is 0. The molecular weight excluding hydrogens is 461 g/mol. The minimum Gasteiger partial charge on any atom is -0.465 e. The van der Waals surface area contributed by atoms with E-state index in [2.05, 4.69) is 10.1 Å². The summed E-state index contributed by atoms with van der Waals surface area (Å²) in [5, 5.41) is 10.5. The molecule has 0 bridgehead atoms. The van der Waals surface area contributed by atoms with Gasteiger partial charge in [-0.25, -0.2) is 4.79 Å². The third kappa shape index (κ3) is 5.14. The molecule has 2 N–H and O–H groups in total. The number of nitrogens with one attached hydrogen (secondary N) is 2. The van der Waals surface area contributed by atoms with E-state index in [9.17, 15) is 27.6 Å². The highest BCUT2D eigenvalue weighted by atomic mass is 35.5. The average Bonchev–Trinajstić information content (AvgIpc) is 2.77. The smallest absolute Gasteiger partial charge is 0.417 e. The van der Waals surface area contributed by atoms with Crippen LogP contribution in [0.25, 0.3) is 0 Å². The molecule has 1 aliphatic carbocycles. The zero-order valence-corrected chi connectivity index (χ0v) is 18.1. The van der Waals surface area contributed by atoms with Crippen LogP contribution in [0.3, 0.4) is 0 Å². The van der Waals surface area contributed by atoms with Gasteiger partial charge in [0.1, 0.15) is 0 Å². The Morgan fingerprint density at radius 3 is 2.30 bits per heavy atom. The van der Waals surface area contributed by atoms with Crippen LogP contribution in [0.1, 0.15) is 51.1 Å². The minimum atomic E-state index is -4.81. The molecule has 33 heavy (non-hydrogen) atoms. The molecule has 1 amide bonds. The lowest BCUT2D eigenvalue weighted by Gasteiger charge is -2.22. The third-order valence-corrected chi connectivity index (χ3v) is 5.38. The highest BCUT2D eigenvalue weighted by molar-refractivity contribution is 6.34. The first-order chi connectivity index (χ1) is 15.5. The van der Waals surface area contributed by atoms with E-state index >= 15 is 0 Å². The predicted molar refractivity (Wildman–Crippen MR) is 114 cm³/mol. The van der Waals surface area contributed by atoms with Gasteiger partial charge in [-0.2, -0.15) is 13.2 Å². The second-order valence-electron chi connectivity index (χ2n) is 7.19. The standard InChI is InChI=1S/C23H18ClF3N2O4/c1-33-22(32)13-10-8-12(9-11-13)20(28)19-16(6-3-7-17(19)30)29-21(31)18-14(23(25,26)27)4-2-5-15(18)24/h2,4-5,8-11,28H,3,6-7H2,1H3,(H,29,31). The summed E-state index contributed by atoms with van der Waals surface area (Å²) >= 11 is 5.90. The molecule has 10 heteroatoms. The van der Waals surface area contributed by atoms with E-state index in [4.69, 9.17) is 17.0 Å². The van der Waals surface area contributed by atoms with Crippen LogP contribution in [0.5, 0.6) is 0 Å². The van der Waals surface area contributed by atoms with Gasteiger partial charge in [0, 0.05) is 17.7 Å². The predicted octanol–water partition coefficient (Wildman–Crippen LogP) is 4.95. The summed E-state index contributed by atoms with van der Waals surface area (Å²) in [6.07, 6.45) is -4.15. The normalized spacial score (nSPS) is 14.2. The number of amides is 1. The summed E-state index contributed by atoms with van der Waals surface area (Å²) in [6, 6.07) is 8.72. The molecule has 0 atom stereocenters. The van der Waals surface area contributed by atoms with Gasteiger partial charge in [0.05, 0.1) is 40.1 Å². The number of ether oxygens (including phenoxy) is 1. The molecule has 0 aliphatic heterocycles. The van der Waals surface area contributed by atoms with Crippen molar-refractivity contribution in [1.29, 1.82) is 5.41 Å². The zero-order valence-electron chi connectivity index (χ0n) is 17.3. The zero-order chi connectivity index (χ0) is 24.3. The van der Waals surface area contributed by atoms with Gasteiger partial charge in [-0.05, 0) is 37.1 Å². The van der Waals surface area contributed by atoms with Gasteiger partial charge in [-0.1, -0.05) is 29.8 Å². The first-order valence-corrected chi connectivity index (χ1v) is 10.1. The van der Waals surface area contributed by atoms with Crippen LogP contribution in [0, 0.1) is 5.41 Å². The van der Waals surface area contributed by atoms with E-state index in [1.165, 1.54) is 31.4 Å². The van der Waals surface area contributed by atoms with Crippen molar-refractivity contribution in [2.24, 2.45) is 0 Å². The van der Waals surface area contributed by atoms with Gasteiger partial charge in [0.15, 0.2) is 5.78 Å². The Balaban J connectivity index is 1.99. The second-order valence-corrected chi connectivity index (χ2v) is 7.60. The number of allylic oxidation sites excluding steroid dienone is 2. The van der Waals surface area contributed by atoms with Crippen molar-refractivity contribution in [3.8, 4) is 0 Å². The molecule has 0 aromatic heterocycles. The quantitative estimate of drug-likeness (QED) is 0.469. The monoisotopic (exact) mass is 478 g/mol. The van der Waals surface area contributed by atoms with Gasteiger partial charge in [0.2, 0.25) is 0 Å². The number of hydrogen-bond acceptors (Lipinski definition) is 5. The lowest BCUT2D eigenvalue weighted by Crippen LogP contribution is -2.32. The Morgan fingerprint density at radius 2 is 1.70 bits per heavy atom. The third-order valence-electron chi connectivity index (χ3n) is 5.07. The average molecular weight is 479 g/mol. The number of Topliss-reactive ketones (excluding diaryl/α,β-unsaturated/α-hetero) is 1. The molecular formula is C23H18ClF3N2O4. The van der Waals surface area contributed by atoms with E-state index in [0.717, 1.165) is 18.2 Å². The van der Waals surface area contributed by atoms with E-state index in [1.807, 2.05) is 0 Å². The van der Waals surface area contributed by atoms with Crippen molar-refractivity contribution in [3.05, 3.63) is 81.0 Å². The fraction of sp³-hybridized carbons (Fsp3) is 0.217. The number of alkyl halides is 3. The van der Waals surface area contributed by atoms with Crippen LogP contribution in [0.2, 0.25) is 5.02 Å². The number of rotatable bonds is 5. The van der Waals surface area contributed by atoms with Crippen molar-refractivity contribution in [2.45, 2.75) is 25.4 Å². The van der Waals surface area contributed by atoms with Crippen molar-refractivity contribution >= 4 is 35.0 Å². The van der Waals surface area contributed by atoms with Crippen LogP contribution >= 0.6 is 11.6 Å². The van der Waals surface area contributed by atoms with E-state index in [0.29, 0.717) is 6.42 Å². The summed E-state index contributed by atoms with van der Waals surface area (Å²) in [5.41, 5.74) is -1.71. The SMILES string of the molecule is COC(=O)c1ccc(C(=N)C2=C(NC(=O)c3c(Cl)cccc3C(F)(F)F)CCCC2=O)cc1. The van der Waals surface area contributed by atoms with Crippen LogP contribution in [-0.4, -0.2) is 30.5 Å². The lowest BCUT2D eigenvalue weighted by atomic mass is 9.88. The highest BCUT2D eigenvalue weighted by Crippen LogP contribution is 2.35. The summed E-state index contributed by atoms with van der Waals surface area (Å²) in [5.74, 6) is -2.12. The largest absolute Gasteiger partial charge is 0.465 e. The number of carbonyl (C=O) groups is 3. The number of hydrogen-bond donors (Lipinski definition) is 2. The fourth-order valence-corrected chi connectivity index (χ4v) is 3.75. The molecule has 0 heterocycles. The van der Waals surface area contributed by atoms with Crippen LogP contribution in [0.15, 0.2) is 53.7 Å². The molecule has 0 radical (unpaired) electrons. The van der Waals surface area contributed by atoms with Crippen molar-refractivity contribution < 1.29 is 32.3 Å². The number of ketones is 1. The van der Waals surface area contributed by atoms with Gasteiger partial charge in [-0.15, -0.1) is 0 Å². The molecule has 2 aromatic rings. The molecule has 6 nitrogen and oxygen atoms in total. The van der Waals surface area contributed by atoms with Crippen LogP contribution in [0.4, 0.5) is 13.2 Å². The molecule has 0 spiro atoms. The van der Waals surface area contributed by atoms with Crippen LogP contribution in [-0.2, 0) is 15.7 Å². The Hall–Kier alpha value is -3.46. The lowest BCUT2D eigenvalue weighted by molar-refractivity contribution is -0.138. The van der Waals surface area contributed by atoms with Crippen molar-refractivity contribution in [1.82, 2.24) is 5.32 Å². The number of carbonyl (C=O) groups excluding carboxylic acids is 3. The first kappa shape index (κ1) is 24.2. The van der Waals surface area contributed by atoms with E-state index < -0.39 is 35.0 Å². The maximum atomic E-state index is 13.4. The van der Waals surface area contributed by atoms with Crippen LogP contribution < -0.4 is 5.32 Å². The van der Waals surface area contributed by atoms with Gasteiger partial charge >= 0.3 is 12.1 Å². The Morgan fingerprint density at radius 1 is 1.06 bits per heavy atom. The Bertz CT molecular complexity index is 1170. The highest BCUT2D eigenvalue weighted by Gasteiger charge is 2.37. The molecule has 0 fully saturated rings.